The molecule has 3 aromatic carbocycles. The van der Waals surface area contributed by atoms with Crippen molar-refractivity contribution in [3.63, 3.8) is 0 Å². The summed E-state index contributed by atoms with van der Waals surface area (Å²) in [6.07, 6.45) is 8.50. The Morgan fingerprint density at radius 3 is 2.29 bits per heavy atom. The third kappa shape index (κ3) is 6.96. The van der Waals surface area contributed by atoms with Gasteiger partial charge in [0.2, 0.25) is 0 Å². The normalized spacial score (nSPS) is 16.4. The minimum absolute atomic E-state index is 0.00562. The Morgan fingerprint density at radius 2 is 1.65 bits per heavy atom. The van der Waals surface area contributed by atoms with Gasteiger partial charge in [0.05, 0.1) is 33.6 Å². The van der Waals surface area contributed by atoms with E-state index >= 15 is 0 Å². The zero-order valence-corrected chi connectivity index (χ0v) is 28.6. The van der Waals surface area contributed by atoms with Crippen molar-refractivity contribution < 1.29 is 19.0 Å². The fraction of sp³-hybridized carbons (Fsp3) is 0.333. The third-order valence-corrected chi connectivity index (χ3v) is 9.28. The van der Waals surface area contributed by atoms with Gasteiger partial charge in [-0.05, 0) is 64.7 Å². The van der Waals surface area contributed by atoms with E-state index in [1.54, 1.807) is 27.5 Å². The van der Waals surface area contributed by atoms with E-state index in [0.717, 1.165) is 63.0 Å². The third-order valence-electron chi connectivity index (χ3n) is 9.28. The summed E-state index contributed by atoms with van der Waals surface area (Å²) in [7, 11) is 5.05. The van der Waals surface area contributed by atoms with E-state index < -0.39 is 0 Å². The molecule has 0 spiro atoms. The number of carbonyl (C=O) groups excluding carboxylic acids is 1. The number of methoxy groups -OCH3 is 3. The molecule has 0 radical (unpaired) electrons. The molecular formula is C39H45N5O4. The number of benzene rings is 3. The van der Waals surface area contributed by atoms with Gasteiger partial charge in [0, 0.05) is 74.3 Å². The predicted octanol–water partition coefficient (Wildman–Crippen LogP) is 7.05. The van der Waals surface area contributed by atoms with Crippen LogP contribution in [0, 0.1) is 0 Å². The quantitative estimate of drug-likeness (QED) is 0.194. The van der Waals surface area contributed by atoms with E-state index in [4.69, 9.17) is 14.2 Å². The first-order chi connectivity index (χ1) is 23.2. The number of carbonyl (C=O) groups is 1. The maximum absolute atomic E-state index is 14.8. The number of aromatic nitrogens is 2. The van der Waals surface area contributed by atoms with Gasteiger partial charge in [0.25, 0.3) is 0 Å². The first-order valence-electron chi connectivity index (χ1n) is 16.4. The largest absolute Gasteiger partial charge is 0.497 e. The van der Waals surface area contributed by atoms with Crippen LogP contribution in [0.15, 0.2) is 91.4 Å². The van der Waals surface area contributed by atoms with Crippen molar-refractivity contribution in [2.45, 2.75) is 45.3 Å². The Bertz CT molecular complexity index is 1770. The summed E-state index contributed by atoms with van der Waals surface area (Å²) >= 11 is 0. The smallest absolute Gasteiger partial charge is 0.324 e. The lowest BCUT2D eigenvalue weighted by atomic mass is 9.80. The van der Waals surface area contributed by atoms with E-state index in [0.29, 0.717) is 39.1 Å². The van der Waals surface area contributed by atoms with Crippen molar-refractivity contribution in [1.29, 1.82) is 0 Å². The van der Waals surface area contributed by atoms with E-state index in [1.165, 1.54) is 0 Å². The first-order valence-corrected chi connectivity index (χ1v) is 16.4. The Balaban J connectivity index is 1.37. The van der Waals surface area contributed by atoms with E-state index in [2.05, 4.69) is 66.8 Å². The summed E-state index contributed by atoms with van der Waals surface area (Å²) in [5, 5.41) is 4.35. The van der Waals surface area contributed by atoms with Crippen molar-refractivity contribution in [2.75, 3.05) is 41.0 Å². The number of allylic oxidation sites excluding steroid dienone is 1. The van der Waals surface area contributed by atoms with Crippen LogP contribution in [0.2, 0.25) is 0 Å². The zero-order chi connectivity index (χ0) is 33.8. The van der Waals surface area contributed by atoms with Crippen LogP contribution in [0.25, 0.3) is 11.8 Å². The summed E-state index contributed by atoms with van der Waals surface area (Å²) in [6, 6.07) is 20.3. The van der Waals surface area contributed by atoms with Gasteiger partial charge in [0.1, 0.15) is 17.2 Å². The lowest BCUT2D eigenvalue weighted by molar-refractivity contribution is 0.156. The summed E-state index contributed by atoms with van der Waals surface area (Å²) in [5.41, 5.74) is 6.89. The second kappa shape index (κ2) is 14.0. The molecule has 0 saturated carbocycles. The molecular weight excluding hydrogens is 602 g/mol. The highest BCUT2D eigenvalue weighted by molar-refractivity contribution is 5.77. The van der Waals surface area contributed by atoms with Gasteiger partial charge in [-0.25, -0.2) is 9.48 Å². The number of hydrogen-bond donors (Lipinski definition) is 0. The van der Waals surface area contributed by atoms with Crippen molar-refractivity contribution >= 4 is 12.1 Å². The monoisotopic (exact) mass is 647 g/mol. The number of amides is 2. The molecule has 2 amide bonds. The van der Waals surface area contributed by atoms with Crippen LogP contribution in [0.3, 0.4) is 0 Å². The van der Waals surface area contributed by atoms with Crippen molar-refractivity contribution in [3.05, 3.63) is 119 Å². The Morgan fingerprint density at radius 1 is 0.896 bits per heavy atom. The van der Waals surface area contributed by atoms with Crippen LogP contribution in [0.4, 0.5) is 4.79 Å². The molecule has 250 valence electrons. The van der Waals surface area contributed by atoms with Crippen LogP contribution in [-0.4, -0.2) is 71.5 Å². The predicted molar refractivity (Wildman–Crippen MR) is 189 cm³/mol. The number of ether oxygens (including phenoxy) is 3. The Kier molecular flexibility index (Phi) is 9.59. The fourth-order valence-electron chi connectivity index (χ4n) is 6.90. The highest BCUT2D eigenvalue weighted by Gasteiger charge is 2.36. The maximum Gasteiger partial charge on any atom is 0.324 e. The minimum Gasteiger partial charge on any atom is -0.497 e. The molecule has 0 unspecified atom stereocenters. The van der Waals surface area contributed by atoms with Gasteiger partial charge >= 0.3 is 6.03 Å². The van der Waals surface area contributed by atoms with Crippen LogP contribution in [-0.2, 0) is 25.0 Å². The first kappa shape index (κ1) is 32.9. The molecule has 9 heteroatoms. The van der Waals surface area contributed by atoms with Gasteiger partial charge < -0.3 is 19.1 Å². The molecule has 4 aromatic rings. The van der Waals surface area contributed by atoms with Crippen molar-refractivity contribution in [3.8, 4) is 22.9 Å². The molecule has 6 rings (SSSR count). The second-order valence-corrected chi connectivity index (χ2v) is 13.0. The van der Waals surface area contributed by atoms with Gasteiger partial charge in [-0.1, -0.05) is 44.7 Å². The highest BCUT2D eigenvalue weighted by atomic mass is 16.5. The molecule has 0 atom stereocenters. The van der Waals surface area contributed by atoms with Gasteiger partial charge in [-0.2, -0.15) is 5.10 Å². The van der Waals surface area contributed by atoms with E-state index in [1.807, 2.05) is 57.1 Å². The molecule has 0 N–H and O–H groups in total. The lowest BCUT2D eigenvalue weighted by Crippen LogP contribution is -2.43. The number of hydrogen-bond acceptors (Lipinski definition) is 6. The number of fused-ring (bicyclic) bond motifs is 2. The molecule has 1 saturated heterocycles. The molecule has 1 fully saturated rings. The molecule has 0 aliphatic carbocycles. The van der Waals surface area contributed by atoms with Gasteiger partial charge in [-0.3, -0.25) is 9.80 Å². The van der Waals surface area contributed by atoms with Crippen LogP contribution in [0.1, 0.15) is 48.1 Å². The molecule has 0 bridgehead atoms. The summed E-state index contributed by atoms with van der Waals surface area (Å²) < 4.78 is 18.9. The number of urea groups is 1. The topological polar surface area (TPSA) is 72.3 Å². The molecule has 9 nitrogen and oxygen atoms in total. The molecule has 2 aliphatic heterocycles. The zero-order valence-electron chi connectivity index (χ0n) is 28.6. The summed E-state index contributed by atoms with van der Waals surface area (Å²) in [6.45, 7) is 12.1. The van der Waals surface area contributed by atoms with Gasteiger partial charge in [-0.15, -0.1) is 0 Å². The highest BCUT2D eigenvalue weighted by Crippen LogP contribution is 2.42. The summed E-state index contributed by atoms with van der Waals surface area (Å²) in [4.78, 5) is 21.1. The van der Waals surface area contributed by atoms with Crippen LogP contribution < -0.4 is 14.2 Å². The van der Waals surface area contributed by atoms with Crippen molar-refractivity contribution in [2.24, 2.45) is 0 Å². The Hall–Kier alpha value is -5.02. The SMILES string of the molecule is C=Cc1cc2c(c(OC)c1)C(C)(C)C=C1CCN(Cc3cc(OC)cc(OC)c3)CCN(Cc3ccc(-n4cccn4)cc3)C(=O)N1C2. The van der Waals surface area contributed by atoms with Crippen molar-refractivity contribution in [1.82, 2.24) is 24.5 Å². The average Bonchev–Trinajstić information content (AvgIpc) is 3.62. The van der Waals surface area contributed by atoms with Gasteiger partial charge in [0.15, 0.2) is 0 Å². The fourth-order valence-corrected chi connectivity index (χ4v) is 6.90. The van der Waals surface area contributed by atoms with Crippen LogP contribution >= 0.6 is 0 Å². The molecule has 1 aromatic heterocycles. The molecule has 48 heavy (non-hydrogen) atoms. The number of nitrogens with zero attached hydrogens (tertiary/aromatic N) is 5. The maximum atomic E-state index is 14.8. The average molecular weight is 648 g/mol. The molecule has 3 heterocycles. The van der Waals surface area contributed by atoms with Crippen LogP contribution in [0.5, 0.6) is 17.2 Å². The standard InChI is InChI=1S/C39H45N5O4/c1-7-28-19-31-27-43-33(24-39(2,3)37(31)36(22-28)48-6)13-16-41(25-30-20-34(46-4)23-35(21-30)47-5)17-18-42(38(43)45)26-29-9-11-32(12-10-29)44-15-8-14-40-44/h7-12,14-15,19-24H,1,13,16-18,25-27H2,2-6H3. The van der Waals surface area contributed by atoms with E-state index in [9.17, 15) is 4.79 Å². The number of rotatable bonds is 9. The summed E-state index contributed by atoms with van der Waals surface area (Å²) in [5.74, 6) is 2.33. The lowest BCUT2D eigenvalue weighted by Gasteiger charge is -2.31. The Labute approximate surface area is 283 Å². The van der Waals surface area contributed by atoms with E-state index in [-0.39, 0.29) is 11.4 Å². The molecule has 2 aliphatic rings. The second-order valence-electron chi connectivity index (χ2n) is 13.0. The minimum atomic E-state index is -0.378.